The van der Waals surface area contributed by atoms with Crippen LogP contribution in [0.5, 0.6) is 0 Å². The van der Waals surface area contributed by atoms with Crippen LogP contribution in [-0.4, -0.2) is 17.1 Å². The first-order valence-corrected chi connectivity index (χ1v) is 5.85. The van der Waals surface area contributed by atoms with E-state index in [1.54, 1.807) is 12.1 Å². The topological polar surface area (TPSA) is 94.3 Å². The molecule has 6 nitrogen and oxygen atoms in total. The molecule has 6 heteroatoms. The van der Waals surface area contributed by atoms with Gasteiger partial charge in [-0.05, 0) is 31.4 Å². The molecule has 1 amide bonds. The third-order valence-electron chi connectivity index (χ3n) is 3.14. The van der Waals surface area contributed by atoms with E-state index in [-0.39, 0.29) is 23.4 Å². The number of carbonyl (C=O) groups excluding carboxylic acids is 1. The number of nitrogens with two attached hydrogens (primary N) is 1. The maximum absolute atomic E-state index is 12.1. The zero-order chi connectivity index (χ0) is 12.5. The Balaban J connectivity index is 1.90. The molecule has 2 aromatic heterocycles. The van der Waals surface area contributed by atoms with Gasteiger partial charge in [0.2, 0.25) is 5.88 Å². The summed E-state index contributed by atoms with van der Waals surface area (Å²) in [7, 11) is 0. The second-order valence-corrected chi connectivity index (χ2v) is 4.35. The van der Waals surface area contributed by atoms with Crippen LogP contribution in [0.4, 0.5) is 5.88 Å². The molecule has 1 aliphatic carbocycles. The first-order chi connectivity index (χ1) is 8.75. The summed E-state index contributed by atoms with van der Waals surface area (Å²) < 4.78 is 10.1. The van der Waals surface area contributed by atoms with Crippen molar-refractivity contribution in [1.29, 1.82) is 0 Å². The molecule has 0 spiro atoms. The van der Waals surface area contributed by atoms with Gasteiger partial charge in [0.25, 0.3) is 5.91 Å². The van der Waals surface area contributed by atoms with Crippen molar-refractivity contribution in [2.24, 2.45) is 0 Å². The van der Waals surface area contributed by atoms with E-state index < -0.39 is 0 Å². The van der Waals surface area contributed by atoms with E-state index in [2.05, 4.69) is 10.5 Å². The average Bonchev–Trinajstić information content (AvgIpc) is 2.91. The maximum atomic E-state index is 12.1. The molecule has 1 saturated carbocycles. The van der Waals surface area contributed by atoms with Crippen LogP contribution in [0.2, 0.25) is 0 Å². The van der Waals surface area contributed by atoms with Gasteiger partial charge in [0.05, 0.1) is 6.26 Å². The molecule has 1 fully saturated rings. The third kappa shape index (κ3) is 1.75. The van der Waals surface area contributed by atoms with E-state index in [9.17, 15) is 4.79 Å². The van der Waals surface area contributed by atoms with Gasteiger partial charge in [-0.1, -0.05) is 5.16 Å². The Morgan fingerprint density at radius 3 is 2.94 bits per heavy atom. The van der Waals surface area contributed by atoms with E-state index in [0.717, 1.165) is 19.3 Å². The highest BCUT2D eigenvalue weighted by atomic mass is 16.5. The van der Waals surface area contributed by atoms with Crippen molar-refractivity contribution >= 4 is 11.8 Å². The Morgan fingerprint density at radius 1 is 1.50 bits per heavy atom. The minimum Gasteiger partial charge on any atom is -0.463 e. The molecule has 0 aromatic carbocycles. The van der Waals surface area contributed by atoms with Crippen molar-refractivity contribution in [3.63, 3.8) is 0 Å². The Morgan fingerprint density at radius 2 is 2.33 bits per heavy atom. The molecule has 18 heavy (non-hydrogen) atoms. The summed E-state index contributed by atoms with van der Waals surface area (Å²) in [5.74, 6) is 0.220. The van der Waals surface area contributed by atoms with E-state index in [1.807, 2.05) is 0 Å². The van der Waals surface area contributed by atoms with Crippen LogP contribution in [0, 0.1) is 0 Å². The van der Waals surface area contributed by atoms with Gasteiger partial charge in [-0.25, -0.2) is 0 Å². The molecule has 94 valence electrons. The molecule has 0 aliphatic heterocycles. The number of hydrogen-bond donors (Lipinski definition) is 2. The van der Waals surface area contributed by atoms with Gasteiger partial charge in [-0.2, -0.15) is 0 Å². The molecule has 0 bridgehead atoms. The Bertz CT molecular complexity index is 555. The second kappa shape index (κ2) is 4.21. The zero-order valence-corrected chi connectivity index (χ0v) is 9.68. The highest BCUT2D eigenvalue weighted by molar-refractivity contribution is 6.03. The fraction of sp³-hybridized carbons (Fsp3) is 0.333. The standard InChI is InChI=1S/C12H13N3O3/c13-11-9(12(16)14-7-3-1-4-7)10(15-18-11)8-5-2-6-17-8/h2,5-7H,1,3-4,13H2,(H,14,16). The Labute approximate surface area is 103 Å². The van der Waals surface area contributed by atoms with Crippen LogP contribution in [0.15, 0.2) is 27.3 Å². The summed E-state index contributed by atoms with van der Waals surface area (Å²) in [5.41, 5.74) is 6.24. The zero-order valence-electron chi connectivity index (χ0n) is 9.68. The molecule has 0 atom stereocenters. The molecular formula is C12H13N3O3. The van der Waals surface area contributed by atoms with Crippen molar-refractivity contribution < 1.29 is 13.7 Å². The highest BCUT2D eigenvalue weighted by Gasteiger charge is 2.27. The molecule has 2 aromatic rings. The number of hydrogen-bond acceptors (Lipinski definition) is 5. The summed E-state index contributed by atoms with van der Waals surface area (Å²) in [4.78, 5) is 12.1. The van der Waals surface area contributed by atoms with Crippen LogP contribution >= 0.6 is 0 Å². The first-order valence-electron chi connectivity index (χ1n) is 5.85. The molecule has 3 N–H and O–H groups in total. The van der Waals surface area contributed by atoms with Crippen LogP contribution in [0.1, 0.15) is 29.6 Å². The predicted octanol–water partition coefficient (Wildman–Crippen LogP) is 1.80. The smallest absolute Gasteiger partial charge is 0.259 e. The number of carbonyl (C=O) groups is 1. The van der Waals surface area contributed by atoms with Gasteiger partial charge in [0.15, 0.2) is 11.5 Å². The number of amides is 1. The number of rotatable bonds is 3. The molecule has 0 saturated heterocycles. The summed E-state index contributed by atoms with van der Waals surface area (Å²) in [6, 6.07) is 3.65. The van der Waals surface area contributed by atoms with Crippen molar-refractivity contribution in [2.45, 2.75) is 25.3 Å². The average molecular weight is 247 g/mol. The quantitative estimate of drug-likeness (QED) is 0.862. The van der Waals surface area contributed by atoms with Crippen LogP contribution in [-0.2, 0) is 0 Å². The van der Waals surface area contributed by atoms with Crippen molar-refractivity contribution in [3.8, 4) is 11.5 Å². The van der Waals surface area contributed by atoms with Gasteiger partial charge in [-0.3, -0.25) is 4.79 Å². The summed E-state index contributed by atoms with van der Waals surface area (Å²) >= 11 is 0. The molecule has 3 rings (SSSR count). The minimum absolute atomic E-state index is 0.0122. The van der Waals surface area contributed by atoms with Gasteiger partial charge >= 0.3 is 0 Å². The predicted molar refractivity (Wildman–Crippen MR) is 63.7 cm³/mol. The molecular weight excluding hydrogens is 234 g/mol. The Hall–Kier alpha value is -2.24. The summed E-state index contributed by atoms with van der Waals surface area (Å²) in [6.45, 7) is 0. The number of nitrogen functional groups attached to an aromatic ring is 1. The highest BCUT2D eigenvalue weighted by Crippen LogP contribution is 2.28. The number of nitrogens with zero attached hydrogens (tertiary/aromatic N) is 1. The van der Waals surface area contributed by atoms with E-state index in [1.165, 1.54) is 6.26 Å². The van der Waals surface area contributed by atoms with Crippen molar-refractivity contribution in [2.75, 3.05) is 5.73 Å². The monoisotopic (exact) mass is 247 g/mol. The van der Waals surface area contributed by atoms with E-state index >= 15 is 0 Å². The SMILES string of the molecule is Nc1onc(-c2ccco2)c1C(=O)NC1CCC1. The first kappa shape index (κ1) is 10.9. The number of anilines is 1. The molecule has 0 unspecified atom stereocenters. The van der Waals surface area contributed by atoms with Crippen LogP contribution in [0.25, 0.3) is 11.5 Å². The third-order valence-corrected chi connectivity index (χ3v) is 3.14. The van der Waals surface area contributed by atoms with Gasteiger partial charge in [0, 0.05) is 6.04 Å². The number of nitrogens with one attached hydrogen (secondary N) is 1. The van der Waals surface area contributed by atoms with Crippen LogP contribution < -0.4 is 11.1 Å². The lowest BCUT2D eigenvalue weighted by Gasteiger charge is -2.26. The minimum atomic E-state index is -0.259. The van der Waals surface area contributed by atoms with Crippen molar-refractivity contribution in [3.05, 3.63) is 24.0 Å². The summed E-state index contributed by atoms with van der Waals surface area (Å²) in [6.07, 6.45) is 4.67. The number of aromatic nitrogens is 1. The number of furan rings is 1. The van der Waals surface area contributed by atoms with E-state index in [4.69, 9.17) is 14.7 Å². The largest absolute Gasteiger partial charge is 0.463 e. The molecule has 1 aliphatic rings. The van der Waals surface area contributed by atoms with E-state index in [0.29, 0.717) is 11.5 Å². The second-order valence-electron chi connectivity index (χ2n) is 4.35. The van der Waals surface area contributed by atoms with Crippen LogP contribution in [0.3, 0.4) is 0 Å². The van der Waals surface area contributed by atoms with Crippen molar-refractivity contribution in [1.82, 2.24) is 10.5 Å². The van der Waals surface area contributed by atoms with Gasteiger partial charge in [0.1, 0.15) is 5.56 Å². The lowest BCUT2D eigenvalue weighted by atomic mass is 9.93. The molecule has 0 radical (unpaired) electrons. The summed E-state index contributed by atoms with van der Waals surface area (Å²) in [5, 5.41) is 6.68. The van der Waals surface area contributed by atoms with Gasteiger partial charge in [-0.15, -0.1) is 0 Å². The lowest BCUT2D eigenvalue weighted by Crippen LogP contribution is -2.39. The van der Waals surface area contributed by atoms with Gasteiger partial charge < -0.3 is 20.0 Å². The lowest BCUT2D eigenvalue weighted by molar-refractivity contribution is 0.0918. The normalized spacial score (nSPS) is 15.3. The fourth-order valence-corrected chi connectivity index (χ4v) is 1.91. The molecule has 2 heterocycles. The maximum Gasteiger partial charge on any atom is 0.259 e. The fourth-order valence-electron chi connectivity index (χ4n) is 1.91. The Kier molecular flexibility index (Phi) is 2.55.